The first-order valence-electron chi connectivity index (χ1n) is 8.58. The maximum atomic E-state index is 12.4. The SMILES string of the molecule is CC(NC(=O)CN)C(=O)NC(CCCN=C(N)N)C(=O)NC(CC(=O)O)C(=O)O. The summed E-state index contributed by atoms with van der Waals surface area (Å²) in [5.41, 5.74) is 15.6. The van der Waals surface area contributed by atoms with Crippen molar-refractivity contribution in [1.82, 2.24) is 16.0 Å². The molecule has 0 aliphatic carbocycles. The van der Waals surface area contributed by atoms with Gasteiger partial charge in [0, 0.05) is 6.54 Å². The van der Waals surface area contributed by atoms with E-state index in [1.54, 1.807) is 0 Å². The van der Waals surface area contributed by atoms with Crippen LogP contribution in [0.5, 0.6) is 0 Å². The zero-order valence-corrected chi connectivity index (χ0v) is 15.9. The van der Waals surface area contributed by atoms with Crippen LogP contribution in [0, 0.1) is 0 Å². The topological polar surface area (TPSA) is 252 Å². The summed E-state index contributed by atoms with van der Waals surface area (Å²) < 4.78 is 0. The number of aliphatic carboxylic acids is 2. The molecule has 0 aliphatic rings. The van der Waals surface area contributed by atoms with Crippen molar-refractivity contribution in [3.63, 3.8) is 0 Å². The van der Waals surface area contributed by atoms with Crippen molar-refractivity contribution in [2.75, 3.05) is 13.1 Å². The van der Waals surface area contributed by atoms with E-state index in [4.69, 9.17) is 27.4 Å². The minimum atomic E-state index is -1.69. The Morgan fingerprint density at radius 3 is 2.03 bits per heavy atom. The van der Waals surface area contributed by atoms with Gasteiger partial charge in [-0.1, -0.05) is 0 Å². The highest BCUT2D eigenvalue weighted by Gasteiger charge is 2.29. The summed E-state index contributed by atoms with van der Waals surface area (Å²) in [6.07, 6.45) is -0.583. The molecule has 0 rings (SSSR count). The molecule has 0 saturated heterocycles. The fraction of sp³-hybridized carbons (Fsp3) is 0.600. The lowest BCUT2D eigenvalue weighted by Gasteiger charge is -2.22. The van der Waals surface area contributed by atoms with Gasteiger partial charge in [-0.25, -0.2) is 4.79 Å². The molecular formula is C15H27N7O7. The number of carboxylic acids is 2. The second kappa shape index (κ2) is 12.9. The van der Waals surface area contributed by atoms with E-state index in [0.29, 0.717) is 0 Å². The van der Waals surface area contributed by atoms with Crippen LogP contribution in [0.25, 0.3) is 0 Å². The molecule has 0 fully saturated rings. The second-order valence-corrected chi connectivity index (χ2v) is 6.00. The zero-order chi connectivity index (χ0) is 22.6. The highest BCUT2D eigenvalue weighted by atomic mass is 16.4. The normalized spacial score (nSPS) is 13.3. The molecule has 0 spiro atoms. The van der Waals surface area contributed by atoms with Gasteiger partial charge in [0.15, 0.2) is 5.96 Å². The number of amides is 3. The number of aliphatic imine (C=N–C) groups is 1. The lowest BCUT2D eigenvalue weighted by atomic mass is 10.1. The van der Waals surface area contributed by atoms with Crippen LogP contribution in [0.2, 0.25) is 0 Å². The number of carboxylic acid groups (broad SMARTS) is 2. The van der Waals surface area contributed by atoms with Crippen LogP contribution < -0.4 is 33.2 Å². The van der Waals surface area contributed by atoms with Gasteiger partial charge in [0.1, 0.15) is 18.1 Å². The van der Waals surface area contributed by atoms with E-state index in [2.05, 4.69) is 20.9 Å². The number of nitrogens with two attached hydrogens (primary N) is 3. The minimum Gasteiger partial charge on any atom is -0.481 e. The number of hydrogen-bond acceptors (Lipinski definition) is 7. The lowest BCUT2D eigenvalue weighted by Crippen LogP contribution is -2.55. The van der Waals surface area contributed by atoms with Crippen LogP contribution in [0.3, 0.4) is 0 Å². The third-order valence-electron chi connectivity index (χ3n) is 3.53. The van der Waals surface area contributed by atoms with Gasteiger partial charge in [-0.05, 0) is 19.8 Å². The summed E-state index contributed by atoms with van der Waals surface area (Å²) in [7, 11) is 0. The maximum Gasteiger partial charge on any atom is 0.326 e. The Balaban J connectivity index is 5.19. The highest BCUT2D eigenvalue weighted by Crippen LogP contribution is 2.02. The molecule has 3 amide bonds. The van der Waals surface area contributed by atoms with Crippen molar-refractivity contribution in [1.29, 1.82) is 0 Å². The zero-order valence-electron chi connectivity index (χ0n) is 15.9. The van der Waals surface area contributed by atoms with Gasteiger partial charge >= 0.3 is 11.9 Å². The predicted molar refractivity (Wildman–Crippen MR) is 100 cm³/mol. The Morgan fingerprint density at radius 2 is 1.55 bits per heavy atom. The van der Waals surface area contributed by atoms with Gasteiger partial charge in [0.2, 0.25) is 17.7 Å². The Morgan fingerprint density at radius 1 is 0.966 bits per heavy atom. The molecule has 14 heteroatoms. The molecule has 0 heterocycles. The molecule has 0 aromatic rings. The second-order valence-electron chi connectivity index (χ2n) is 6.00. The summed E-state index contributed by atoms with van der Waals surface area (Å²) in [6, 6.07) is -3.93. The van der Waals surface area contributed by atoms with Crippen molar-refractivity contribution in [3.05, 3.63) is 0 Å². The number of carbonyl (C=O) groups excluding carboxylic acids is 3. The average Bonchev–Trinajstić information content (AvgIpc) is 2.62. The van der Waals surface area contributed by atoms with E-state index in [1.807, 2.05) is 0 Å². The van der Waals surface area contributed by atoms with Crippen molar-refractivity contribution in [3.8, 4) is 0 Å². The number of nitrogens with zero attached hydrogens (tertiary/aromatic N) is 1. The maximum absolute atomic E-state index is 12.4. The van der Waals surface area contributed by atoms with E-state index < -0.39 is 54.2 Å². The quantitative estimate of drug-likeness (QED) is 0.0819. The van der Waals surface area contributed by atoms with E-state index in [1.165, 1.54) is 6.92 Å². The minimum absolute atomic E-state index is 0.0192. The van der Waals surface area contributed by atoms with Crippen LogP contribution in [0.1, 0.15) is 26.2 Å². The van der Waals surface area contributed by atoms with Crippen LogP contribution >= 0.6 is 0 Å². The largest absolute Gasteiger partial charge is 0.481 e. The molecule has 0 radical (unpaired) electrons. The van der Waals surface area contributed by atoms with Crippen molar-refractivity contribution < 1.29 is 34.2 Å². The third kappa shape index (κ3) is 11.1. The number of carbonyl (C=O) groups is 5. The molecule has 0 bridgehead atoms. The molecule has 0 saturated carbocycles. The molecule has 0 aromatic heterocycles. The number of hydrogen-bond donors (Lipinski definition) is 8. The van der Waals surface area contributed by atoms with E-state index in [0.717, 1.165) is 0 Å². The van der Waals surface area contributed by atoms with E-state index >= 15 is 0 Å². The number of rotatable bonds is 13. The summed E-state index contributed by atoms with van der Waals surface area (Å²) in [4.78, 5) is 61.6. The standard InChI is InChI=1S/C15H27N7O7/c1-7(20-10(23)6-16)12(26)21-8(3-2-4-19-15(17)18)13(27)22-9(14(28)29)5-11(24)25/h7-9H,2-6,16H2,1H3,(H,20,23)(H,21,26)(H,22,27)(H,24,25)(H,28,29)(H4,17,18,19). The molecule has 0 aliphatic heterocycles. The highest BCUT2D eigenvalue weighted by molar-refractivity contribution is 5.94. The first-order chi connectivity index (χ1) is 13.5. The van der Waals surface area contributed by atoms with E-state index in [-0.39, 0.29) is 31.9 Å². The van der Waals surface area contributed by atoms with Crippen molar-refractivity contribution >= 4 is 35.6 Å². The Hall–Kier alpha value is -3.42. The molecule has 3 unspecified atom stereocenters. The summed E-state index contributed by atoms with van der Waals surface area (Å²) in [6.45, 7) is 1.16. The molecule has 29 heavy (non-hydrogen) atoms. The van der Waals surface area contributed by atoms with Crippen LogP contribution in [0.15, 0.2) is 4.99 Å². The van der Waals surface area contributed by atoms with Gasteiger partial charge in [-0.3, -0.25) is 24.2 Å². The van der Waals surface area contributed by atoms with E-state index in [9.17, 15) is 24.0 Å². The van der Waals surface area contributed by atoms with Gasteiger partial charge in [-0.2, -0.15) is 0 Å². The van der Waals surface area contributed by atoms with Gasteiger partial charge < -0.3 is 43.4 Å². The first-order valence-corrected chi connectivity index (χ1v) is 8.58. The van der Waals surface area contributed by atoms with Gasteiger partial charge in [0.25, 0.3) is 0 Å². The monoisotopic (exact) mass is 417 g/mol. The van der Waals surface area contributed by atoms with Gasteiger partial charge in [-0.15, -0.1) is 0 Å². The number of guanidine groups is 1. The molecule has 11 N–H and O–H groups in total. The smallest absolute Gasteiger partial charge is 0.326 e. The fourth-order valence-corrected chi connectivity index (χ4v) is 2.08. The van der Waals surface area contributed by atoms with Crippen LogP contribution in [0.4, 0.5) is 0 Å². The van der Waals surface area contributed by atoms with Gasteiger partial charge in [0.05, 0.1) is 13.0 Å². The average molecular weight is 417 g/mol. The Kier molecular flexibility index (Phi) is 11.4. The summed E-state index contributed by atoms with van der Waals surface area (Å²) >= 11 is 0. The molecule has 0 aromatic carbocycles. The third-order valence-corrected chi connectivity index (χ3v) is 3.53. The van der Waals surface area contributed by atoms with Crippen molar-refractivity contribution in [2.24, 2.45) is 22.2 Å². The Bertz CT molecular complexity index is 649. The summed E-state index contributed by atoms with van der Waals surface area (Å²) in [5, 5.41) is 24.6. The Labute approximate surface area is 166 Å². The lowest BCUT2D eigenvalue weighted by molar-refractivity contribution is -0.147. The molecule has 14 nitrogen and oxygen atoms in total. The number of nitrogens with one attached hydrogen (secondary N) is 3. The first kappa shape index (κ1) is 25.6. The molecule has 3 atom stereocenters. The molecular weight excluding hydrogens is 390 g/mol. The molecule has 164 valence electrons. The summed E-state index contributed by atoms with van der Waals surface area (Å²) in [5.74, 6) is -5.36. The van der Waals surface area contributed by atoms with Crippen LogP contribution in [-0.2, 0) is 24.0 Å². The van der Waals surface area contributed by atoms with Crippen molar-refractivity contribution in [2.45, 2.75) is 44.3 Å². The van der Waals surface area contributed by atoms with Crippen LogP contribution in [-0.4, -0.2) is 77.0 Å². The fourth-order valence-electron chi connectivity index (χ4n) is 2.08. The predicted octanol–water partition coefficient (Wildman–Crippen LogP) is -3.97.